The molecule has 0 unspecified atom stereocenters. The number of nitriles is 1. The first-order valence-electron chi connectivity index (χ1n) is 4.68. The minimum atomic E-state index is 0.497. The number of H-pyrrole nitrogens is 1. The summed E-state index contributed by atoms with van der Waals surface area (Å²) in [4.78, 5) is 2.85. The van der Waals surface area contributed by atoms with E-state index in [0.29, 0.717) is 10.7 Å². The van der Waals surface area contributed by atoms with Crippen LogP contribution in [0.4, 0.5) is 0 Å². The normalized spacial score (nSPS) is 10.1. The maximum absolute atomic E-state index is 8.95. The molecule has 4 heteroatoms. The Hall–Kier alpha value is -1.24. The summed E-state index contributed by atoms with van der Waals surface area (Å²) in [5, 5.41) is 10.3. The van der Waals surface area contributed by atoms with Crippen molar-refractivity contribution in [3.63, 3.8) is 0 Å². The second-order valence-electron chi connectivity index (χ2n) is 3.33. The molecule has 2 nitrogen and oxygen atoms in total. The van der Waals surface area contributed by atoms with Crippen molar-refractivity contribution in [2.45, 2.75) is 5.33 Å². The summed E-state index contributed by atoms with van der Waals surface area (Å²) >= 11 is 9.43. The number of aromatic nitrogens is 1. The molecule has 0 atom stereocenters. The highest BCUT2D eigenvalue weighted by Gasteiger charge is 2.11. The molecule has 0 spiro atoms. The van der Waals surface area contributed by atoms with E-state index in [4.69, 9.17) is 16.9 Å². The van der Waals surface area contributed by atoms with Crippen molar-refractivity contribution in [2.24, 2.45) is 0 Å². The van der Waals surface area contributed by atoms with Gasteiger partial charge in [0.2, 0.25) is 0 Å². The Bertz CT molecular complexity index is 537. The number of hydrogen-bond acceptors (Lipinski definition) is 1. The Morgan fingerprint density at radius 1 is 1.31 bits per heavy atom. The molecule has 0 fully saturated rings. The molecule has 0 aliphatic rings. The summed E-state index contributed by atoms with van der Waals surface area (Å²) in [5.41, 5.74) is 3.41. The van der Waals surface area contributed by atoms with Crippen molar-refractivity contribution in [1.82, 2.24) is 4.98 Å². The second kappa shape index (κ2) is 4.73. The van der Waals surface area contributed by atoms with Gasteiger partial charge in [-0.15, -0.1) is 0 Å². The fourth-order valence-electron chi connectivity index (χ4n) is 1.53. The van der Waals surface area contributed by atoms with Gasteiger partial charge in [-0.05, 0) is 11.1 Å². The molecule has 0 radical (unpaired) electrons. The van der Waals surface area contributed by atoms with Crippen LogP contribution in [-0.2, 0) is 5.33 Å². The lowest BCUT2D eigenvalue weighted by atomic mass is 10.0. The van der Waals surface area contributed by atoms with E-state index in [9.17, 15) is 0 Å². The number of alkyl halides is 1. The van der Waals surface area contributed by atoms with Crippen LogP contribution in [0.2, 0.25) is 5.02 Å². The van der Waals surface area contributed by atoms with Crippen molar-refractivity contribution >= 4 is 27.5 Å². The standard InChI is InChI=1S/C12H8BrClN2/c13-5-8-1-3-9(4-2-8)12-10(14)7-16-11(12)6-15/h1-4,7,16H,5H2. The number of aromatic amines is 1. The summed E-state index contributed by atoms with van der Waals surface area (Å²) in [5.74, 6) is 0. The van der Waals surface area contributed by atoms with Crippen LogP contribution in [0.25, 0.3) is 11.1 Å². The molecular formula is C12H8BrClN2. The van der Waals surface area contributed by atoms with Gasteiger partial charge in [-0.25, -0.2) is 0 Å². The van der Waals surface area contributed by atoms with E-state index in [-0.39, 0.29) is 0 Å². The molecule has 1 heterocycles. The Labute approximate surface area is 107 Å². The molecule has 0 saturated heterocycles. The van der Waals surface area contributed by atoms with Gasteiger partial charge in [-0.1, -0.05) is 51.8 Å². The Balaban J connectivity index is 2.50. The maximum Gasteiger partial charge on any atom is 0.127 e. The lowest BCUT2D eigenvalue weighted by molar-refractivity contribution is 1.33. The van der Waals surface area contributed by atoms with Crippen molar-refractivity contribution in [3.8, 4) is 17.2 Å². The van der Waals surface area contributed by atoms with Crippen molar-refractivity contribution < 1.29 is 0 Å². The highest BCUT2D eigenvalue weighted by molar-refractivity contribution is 9.08. The van der Waals surface area contributed by atoms with E-state index in [2.05, 4.69) is 27.0 Å². The largest absolute Gasteiger partial charge is 0.351 e. The lowest BCUT2D eigenvalue weighted by Gasteiger charge is -2.01. The van der Waals surface area contributed by atoms with E-state index >= 15 is 0 Å². The minimum Gasteiger partial charge on any atom is -0.351 e. The minimum absolute atomic E-state index is 0.497. The molecule has 1 aromatic heterocycles. The first-order valence-corrected chi connectivity index (χ1v) is 6.18. The van der Waals surface area contributed by atoms with E-state index in [1.807, 2.05) is 24.3 Å². The van der Waals surface area contributed by atoms with Gasteiger partial charge < -0.3 is 4.98 Å². The third-order valence-electron chi connectivity index (χ3n) is 2.34. The van der Waals surface area contributed by atoms with Crippen LogP contribution in [0.15, 0.2) is 30.5 Å². The third kappa shape index (κ3) is 1.99. The number of nitrogens with zero attached hydrogens (tertiary/aromatic N) is 1. The Kier molecular flexibility index (Phi) is 3.33. The molecule has 16 heavy (non-hydrogen) atoms. The zero-order valence-electron chi connectivity index (χ0n) is 8.30. The maximum atomic E-state index is 8.95. The van der Waals surface area contributed by atoms with Crippen molar-refractivity contribution in [2.75, 3.05) is 0 Å². The molecule has 0 aliphatic heterocycles. The van der Waals surface area contributed by atoms with Crippen LogP contribution in [0, 0.1) is 11.3 Å². The molecule has 0 amide bonds. The number of benzene rings is 1. The van der Waals surface area contributed by atoms with Gasteiger partial charge in [0.25, 0.3) is 0 Å². The van der Waals surface area contributed by atoms with Gasteiger partial charge in [-0.3, -0.25) is 0 Å². The highest BCUT2D eigenvalue weighted by atomic mass is 79.9. The number of halogens is 2. The first kappa shape index (κ1) is 11.3. The lowest BCUT2D eigenvalue weighted by Crippen LogP contribution is -1.82. The third-order valence-corrected chi connectivity index (χ3v) is 3.29. The Morgan fingerprint density at radius 2 is 2.00 bits per heavy atom. The molecule has 2 rings (SSSR count). The van der Waals surface area contributed by atoms with Crippen LogP contribution < -0.4 is 0 Å². The van der Waals surface area contributed by atoms with Crippen LogP contribution in [-0.4, -0.2) is 4.98 Å². The SMILES string of the molecule is N#Cc1[nH]cc(Cl)c1-c1ccc(CBr)cc1. The Morgan fingerprint density at radius 3 is 2.56 bits per heavy atom. The molecule has 80 valence electrons. The monoisotopic (exact) mass is 294 g/mol. The van der Waals surface area contributed by atoms with E-state index < -0.39 is 0 Å². The highest BCUT2D eigenvalue weighted by Crippen LogP contribution is 2.31. The van der Waals surface area contributed by atoms with Gasteiger partial charge in [0.15, 0.2) is 0 Å². The predicted molar refractivity (Wildman–Crippen MR) is 68.6 cm³/mol. The van der Waals surface area contributed by atoms with E-state index in [1.54, 1.807) is 6.20 Å². The summed E-state index contributed by atoms with van der Waals surface area (Å²) in [6.45, 7) is 0. The second-order valence-corrected chi connectivity index (χ2v) is 4.30. The molecule has 1 aromatic carbocycles. The number of rotatable bonds is 2. The summed E-state index contributed by atoms with van der Waals surface area (Å²) < 4.78 is 0. The molecule has 1 N–H and O–H groups in total. The number of hydrogen-bond donors (Lipinski definition) is 1. The molecule has 0 bridgehead atoms. The quantitative estimate of drug-likeness (QED) is 0.832. The van der Waals surface area contributed by atoms with Crippen LogP contribution >= 0.6 is 27.5 Å². The summed E-state index contributed by atoms with van der Waals surface area (Å²) in [7, 11) is 0. The van der Waals surface area contributed by atoms with Crippen LogP contribution in [0.1, 0.15) is 11.3 Å². The summed E-state index contributed by atoms with van der Waals surface area (Å²) in [6.07, 6.45) is 1.63. The van der Waals surface area contributed by atoms with Crippen LogP contribution in [0.3, 0.4) is 0 Å². The average Bonchev–Trinajstić information content (AvgIpc) is 2.70. The van der Waals surface area contributed by atoms with Gasteiger partial charge in [-0.2, -0.15) is 5.26 Å². The van der Waals surface area contributed by atoms with Crippen molar-refractivity contribution in [3.05, 3.63) is 46.7 Å². The zero-order chi connectivity index (χ0) is 11.5. The average molecular weight is 296 g/mol. The molecule has 0 aliphatic carbocycles. The fraction of sp³-hybridized carbons (Fsp3) is 0.0833. The molecule has 0 saturated carbocycles. The fourth-order valence-corrected chi connectivity index (χ4v) is 2.16. The predicted octanol–water partition coefficient (Wildman–Crippen LogP) is 4.10. The van der Waals surface area contributed by atoms with E-state index in [0.717, 1.165) is 16.5 Å². The number of nitrogens with one attached hydrogen (secondary N) is 1. The van der Waals surface area contributed by atoms with Crippen molar-refractivity contribution in [1.29, 1.82) is 5.26 Å². The van der Waals surface area contributed by atoms with Gasteiger partial charge >= 0.3 is 0 Å². The van der Waals surface area contributed by atoms with Gasteiger partial charge in [0.05, 0.1) is 5.02 Å². The van der Waals surface area contributed by atoms with Gasteiger partial charge in [0, 0.05) is 17.1 Å². The summed E-state index contributed by atoms with van der Waals surface area (Å²) in [6, 6.07) is 10.0. The smallest absolute Gasteiger partial charge is 0.127 e. The first-order chi connectivity index (χ1) is 7.76. The van der Waals surface area contributed by atoms with Gasteiger partial charge in [0.1, 0.15) is 11.8 Å². The topological polar surface area (TPSA) is 39.6 Å². The molecule has 2 aromatic rings. The van der Waals surface area contributed by atoms with Crippen LogP contribution in [0.5, 0.6) is 0 Å². The molecular weight excluding hydrogens is 288 g/mol. The van der Waals surface area contributed by atoms with E-state index in [1.165, 1.54) is 5.56 Å². The zero-order valence-corrected chi connectivity index (χ0v) is 10.6.